The van der Waals surface area contributed by atoms with E-state index in [4.69, 9.17) is 32.7 Å². The van der Waals surface area contributed by atoms with E-state index in [0.717, 1.165) is 47.1 Å². The molecule has 0 fully saturated rings. The van der Waals surface area contributed by atoms with Gasteiger partial charge in [0.2, 0.25) is 0 Å². The third-order valence-corrected chi connectivity index (χ3v) is 7.26. The Morgan fingerprint density at radius 1 is 1.11 bits per heavy atom. The van der Waals surface area contributed by atoms with Gasteiger partial charge in [0.05, 0.1) is 29.6 Å². The van der Waals surface area contributed by atoms with Crippen molar-refractivity contribution in [3.8, 4) is 22.6 Å². The number of rotatable bonds is 7. The quantitative estimate of drug-likeness (QED) is 0.153. The number of halogens is 9. The number of alkyl halides is 6. The van der Waals surface area contributed by atoms with Gasteiger partial charge < -0.3 is 24.4 Å². The maximum Gasteiger partial charge on any atom is 0.573 e. The summed E-state index contributed by atoms with van der Waals surface area (Å²) in [5.74, 6) is -3.36. The molecule has 19 heteroatoms. The zero-order valence-electron chi connectivity index (χ0n) is 23.7. The highest BCUT2D eigenvalue weighted by Gasteiger charge is 2.45. The van der Waals surface area contributed by atoms with Gasteiger partial charge in [0.15, 0.2) is 23.8 Å². The van der Waals surface area contributed by atoms with Crippen molar-refractivity contribution < 1.29 is 55.2 Å². The molecule has 2 aromatic carbocycles. The summed E-state index contributed by atoms with van der Waals surface area (Å²) in [6.07, 6.45) is -13.2. The molecule has 2 unspecified atom stereocenters. The molecule has 1 aliphatic heterocycles. The van der Waals surface area contributed by atoms with Crippen LogP contribution in [0.3, 0.4) is 0 Å². The summed E-state index contributed by atoms with van der Waals surface area (Å²) in [6.45, 7) is 4.80. The van der Waals surface area contributed by atoms with Crippen molar-refractivity contribution in [3.05, 3.63) is 93.9 Å². The van der Waals surface area contributed by atoms with Crippen molar-refractivity contribution >= 4 is 28.9 Å². The van der Waals surface area contributed by atoms with Crippen LogP contribution >= 0.6 is 23.2 Å². The lowest BCUT2D eigenvalue weighted by atomic mass is 10.0. The molecule has 0 aliphatic carbocycles. The Balaban J connectivity index is 1.66. The average Bonchev–Trinajstić information content (AvgIpc) is 3.59. The molecule has 10 nitrogen and oxygen atoms in total. The molecule has 1 aliphatic rings. The van der Waals surface area contributed by atoms with E-state index >= 15 is 0 Å². The van der Waals surface area contributed by atoms with Crippen LogP contribution in [-0.4, -0.2) is 60.4 Å². The minimum atomic E-state index is -5.18. The Bertz CT molecular complexity index is 1890. The number of methoxy groups -OCH3 is 1. The van der Waals surface area contributed by atoms with Crippen molar-refractivity contribution in [2.45, 2.75) is 37.8 Å². The van der Waals surface area contributed by atoms with Crippen LogP contribution < -0.4 is 4.74 Å². The zero-order chi connectivity index (χ0) is 34.6. The van der Waals surface area contributed by atoms with E-state index in [1.165, 1.54) is 6.92 Å². The fourth-order valence-electron chi connectivity index (χ4n) is 4.87. The van der Waals surface area contributed by atoms with Crippen molar-refractivity contribution in [2.75, 3.05) is 7.11 Å². The Morgan fingerprint density at radius 3 is 2.43 bits per heavy atom. The predicted octanol–water partition coefficient (Wildman–Crippen LogP) is 7.19. The summed E-state index contributed by atoms with van der Waals surface area (Å²) in [7, 11) is 1.13. The first-order valence-corrected chi connectivity index (χ1v) is 13.8. The highest BCUT2D eigenvalue weighted by atomic mass is 35.5. The lowest BCUT2D eigenvalue weighted by Gasteiger charge is -2.35. The maximum absolute atomic E-state index is 14.4. The molecule has 47 heavy (non-hydrogen) atoms. The predicted molar refractivity (Wildman–Crippen MR) is 151 cm³/mol. The fraction of sp³-hybridized carbons (Fsp3) is 0.250. The number of aromatic nitrogens is 5. The monoisotopic (exact) mass is 709 g/mol. The highest BCUT2D eigenvalue weighted by molar-refractivity contribution is 6.31. The first-order chi connectivity index (χ1) is 21.9. The molecule has 2 aromatic heterocycles. The van der Waals surface area contributed by atoms with E-state index in [9.17, 15) is 40.9 Å². The first-order valence-electron chi connectivity index (χ1n) is 13.0. The van der Waals surface area contributed by atoms with Crippen LogP contribution in [0.4, 0.5) is 30.7 Å². The van der Waals surface area contributed by atoms with E-state index in [-0.39, 0.29) is 33.7 Å². The van der Waals surface area contributed by atoms with Crippen molar-refractivity contribution in [3.63, 3.8) is 0 Å². The smallest absolute Gasteiger partial charge is 0.510 e. The summed E-state index contributed by atoms with van der Waals surface area (Å²) < 4.78 is 113. The van der Waals surface area contributed by atoms with Gasteiger partial charge in [0.1, 0.15) is 35.0 Å². The molecule has 4 aromatic rings. The van der Waals surface area contributed by atoms with Crippen molar-refractivity contribution in [1.29, 1.82) is 0 Å². The van der Waals surface area contributed by atoms with Gasteiger partial charge in [-0.05, 0) is 31.2 Å². The lowest BCUT2D eigenvalue weighted by molar-refractivity contribution is -0.274. The minimum absolute atomic E-state index is 0.0466. The van der Waals surface area contributed by atoms with Crippen molar-refractivity contribution in [1.82, 2.24) is 24.5 Å². The lowest BCUT2D eigenvalue weighted by Crippen LogP contribution is -2.39. The summed E-state index contributed by atoms with van der Waals surface area (Å²) in [4.78, 5) is 4.18. The van der Waals surface area contributed by atoms with Gasteiger partial charge in [0, 0.05) is 28.4 Å². The SMILES string of the molecule is C=C(O)C1O[C@@H](c2nc(C)nn2-c2cc(Cl)ccc2C(F)(F)F)C(O)C(n2cc(-c3cc(F)c(Cl)cc3OC(F)(F)F)cn2)=C1OC. The molecule has 0 saturated heterocycles. The molecule has 3 heterocycles. The number of hydrogen-bond donors (Lipinski definition) is 2. The Hall–Kier alpha value is -4.32. The number of nitrogens with zero attached hydrogens (tertiary/aromatic N) is 5. The molecule has 2 N–H and O–H groups in total. The van der Waals surface area contributed by atoms with Gasteiger partial charge in [-0.2, -0.15) is 23.4 Å². The van der Waals surface area contributed by atoms with Crippen LogP contribution in [0.2, 0.25) is 10.0 Å². The molecule has 0 radical (unpaired) electrons. The second-order valence-corrected chi connectivity index (χ2v) is 10.7. The Labute approximate surface area is 269 Å². The average molecular weight is 710 g/mol. The number of hydrogen-bond acceptors (Lipinski definition) is 8. The molecule has 3 atom stereocenters. The maximum atomic E-state index is 14.4. The van der Waals surface area contributed by atoms with Gasteiger partial charge in [-0.1, -0.05) is 29.8 Å². The molecular formula is C28H20Cl2F7N5O5. The standard InChI is InChI=1S/C28H20Cl2F7N5O5/c1-11(43)23-24(45-3)21(41-10-13(9-38-41)15-7-18(31)17(30)8-20(15)47-28(35,36)37)22(44)25(46-23)26-39-12(2)40-42(26)19-6-14(29)4-5-16(19)27(32,33)34/h4-10,22-23,25,43-44H,1H2,2-3H3/t22?,23?,25-/m1/s1. The second-order valence-electron chi connectivity index (χ2n) is 9.90. The molecule has 0 bridgehead atoms. The van der Waals surface area contributed by atoms with Gasteiger partial charge in [0.25, 0.3) is 0 Å². The van der Waals surface area contributed by atoms with E-state index in [2.05, 4.69) is 26.5 Å². The summed E-state index contributed by atoms with van der Waals surface area (Å²) in [5.41, 5.74) is -2.63. The number of aliphatic hydroxyl groups is 2. The second kappa shape index (κ2) is 12.4. The fourth-order valence-corrected chi connectivity index (χ4v) is 5.19. The van der Waals surface area contributed by atoms with Gasteiger partial charge in [-0.15, -0.1) is 13.2 Å². The van der Waals surface area contributed by atoms with Gasteiger partial charge in [-0.3, -0.25) is 0 Å². The van der Waals surface area contributed by atoms with Gasteiger partial charge >= 0.3 is 12.5 Å². The van der Waals surface area contributed by atoms with Crippen LogP contribution in [0.1, 0.15) is 23.3 Å². The van der Waals surface area contributed by atoms with Crippen LogP contribution in [-0.2, 0) is 15.7 Å². The van der Waals surface area contributed by atoms with Gasteiger partial charge in [-0.25, -0.2) is 18.7 Å². The summed E-state index contributed by atoms with van der Waals surface area (Å²) in [6, 6.07) is 4.01. The Morgan fingerprint density at radius 2 is 1.81 bits per heavy atom. The molecule has 5 rings (SSSR count). The van der Waals surface area contributed by atoms with Crippen LogP contribution in [0.5, 0.6) is 5.75 Å². The number of benzene rings is 2. The Kier molecular flexibility index (Phi) is 8.95. The molecule has 0 saturated carbocycles. The van der Waals surface area contributed by atoms with E-state index in [1.54, 1.807) is 0 Å². The van der Waals surface area contributed by atoms with E-state index in [1.807, 2.05) is 0 Å². The number of aryl methyl sites for hydroxylation is 1. The van der Waals surface area contributed by atoms with Crippen LogP contribution in [0, 0.1) is 12.7 Å². The molecule has 0 spiro atoms. The summed E-state index contributed by atoms with van der Waals surface area (Å²) >= 11 is 11.7. The third kappa shape index (κ3) is 6.74. The largest absolute Gasteiger partial charge is 0.573 e. The van der Waals surface area contributed by atoms with E-state index < -0.39 is 70.0 Å². The molecule has 0 amide bonds. The topological polar surface area (TPSA) is 117 Å². The highest BCUT2D eigenvalue weighted by Crippen LogP contribution is 2.43. The number of ether oxygens (including phenoxy) is 3. The normalized spacial score (nSPS) is 18.9. The first kappa shape index (κ1) is 34.0. The van der Waals surface area contributed by atoms with E-state index in [0.29, 0.717) is 12.1 Å². The van der Waals surface area contributed by atoms with Crippen LogP contribution in [0.25, 0.3) is 22.5 Å². The molecular weight excluding hydrogens is 690 g/mol. The number of aliphatic hydroxyl groups excluding tert-OH is 2. The minimum Gasteiger partial charge on any atom is -0.510 e. The zero-order valence-corrected chi connectivity index (χ0v) is 25.2. The van der Waals surface area contributed by atoms with Crippen LogP contribution in [0.15, 0.2) is 60.8 Å². The molecule has 250 valence electrons. The third-order valence-electron chi connectivity index (χ3n) is 6.74. The summed E-state index contributed by atoms with van der Waals surface area (Å²) in [5, 5.41) is 29.5. The van der Waals surface area contributed by atoms with Crippen molar-refractivity contribution in [2.24, 2.45) is 0 Å².